The zero-order valence-electron chi connectivity index (χ0n) is 8.72. The third-order valence-corrected chi connectivity index (χ3v) is 2.78. The zero-order valence-corrected chi connectivity index (χ0v) is 8.72. The van der Waals surface area contributed by atoms with Crippen LogP contribution < -0.4 is 5.73 Å². The fourth-order valence-electron chi connectivity index (χ4n) is 1.48. The van der Waals surface area contributed by atoms with Gasteiger partial charge in [0.05, 0.1) is 12.3 Å². The van der Waals surface area contributed by atoms with E-state index in [9.17, 15) is 5.11 Å². The molecule has 0 aliphatic rings. The summed E-state index contributed by atoms with van der Waals surface area (Å²) >= 11 is 0. The Morgan fingerprint density at radius 3 is 2.93 bits per heavy atom. The van der Waals surface area contributed by atoms with Gasteiger partial charge in [0, 0.05) is 24.4 Å². The standard InChI is InChI=1S/C11H15N3O/c1-11(7-12,8-15)9-6-14-5-3-2-4-10(14)13-9/h2-6,15H,7-8,12H2,1H3. The minimum atomic E-state index is -0.452. The van der Waals surface area contributed by atoms with Crippen molar-refractivity contribution in [3.63, 3.8) is 0 Å². The van der Waals surface area contributed by atoms with Crippen molar-refractivity contribution < 1.29 is 5.11 Å². The fourth-order valence-corrected chi connectivity index (χ4v) is 1.48. The second-order valence-corrected chi connectivity index (χ2v) is 4.02. The maximum Gasteiger partial charge on any atom is 0.136 e. The second kappa shape index (κ2) is 3.64. The van der Waals surface area contributed by atoms with Crippen LogP contribution in [0, 0.1) is 0 Å². The molecule has 0 aromatic carbocycles. The molecule has 0 amide bonds. The molecule has 0 fully saturated rings. The number of aliphatic hydroxyl groups excluding tert-OH is 1. The minimum Gasteiger partial charge on any atom is -0.395 e. The fraction of sp³-hybridized carbons (Fsp3) is 0.364. The SMILES string of the molecule is CC(CN)(CO)c1cn2ccccc2n1. The average molecular weight is 205 g/mol. The van der Waals surface area contributed by atoms with Crippen LogP contribution in [-0.4, -0.2) is 27.6 Å². The highest BCUT2D eigenvalue weighted by molar-refractivity contribution is 5.41. The number of hydrogen-bond acceptors (Lipinski definition) is 3. The van der Waals surface area contributed by atoms with Crippen molar-refractivity contribution >= 4 is 5.65 Å². The molecule has 15 heavy (non-hydrogen) atoms. The Kier molecular flexibility index (Phi) is 2.46. The molecule has 0 bridgehead atoms. The molecule has 1 atom stereocenters. The Balaban J connectivity index is 2.52. The van der Waals surface area contributed by atoms with Gasteiger partial charge < -0.3 is 15.2 Å². The Hall–Kier alpha value is -1.39. The maximum atomic E-state index is 9.33. The molecule has 0 aliphatic heterocycles. The Morgan fingerprint density at radius 2 is 2.33 bits per heavy atom. The van der Waals surface area contributed by atoms with Gasteiger partial charge in [0.25, 0.3) is 0 Å². The van der Waals surface area contributed by atoms with Gasteiger partial charge in [-0.1, -0.05) is 13.0 Å². The quantitative estimate of drug-likeness (QED) is 0.768. The first-order valence-electron chi connectivity index (χ1n) is 4.95. The zero-order chi connectivity index (χ0) is 10.9. The van der Waals surface area contributed by atoms with Crippen molar-refractivity contribution in [2.24, 2.45) is 5.73 Å². The predicted octanol–water partition coefficient (Wildman–Crippen LogP) is 0.543. The lowest BCUT2D eigenvalue weighted by Crippen LogP contribution is -2.35. The molecule has 2 aromatic rings. The van der Waals surface area contributed by atoms with Crippen molar-refractivity contribution in [2.45, 2.75) is 12.3 Å². The normalized spacial score (nSPS) is 15.4. The van der Waals surface area contributed by atoms with Crippen molar-refractivity contribution in [1.29, 1.82) is 0 Å². The van der Waals surface area contributed by atoms with Gasteiger partial charge in [0.15, 0.2) is 0 Å². The number of hydrogen-bond donors (Lipinski definition) is 2. The van der Waals surface area contributed by atoms with Gasteiger partial charge in [-0.25, -0.2) is 4.98 Å². The van der Waals surface area contributed by atoms with Crippen LogP contribution in [0.2, 0.25) is 0 Å². The van der Waals surface area contributed by atoms with E-state index in [1.807, 2.05) is 41.9 Å². The summed E-state index contributed by atoms with van der Waals surface area (Å²) in [4.78, 5) is 4.45. The number of aromatic nitrogens is 2. The Labute approximate surface area is 88.4 Å². The summed E-state index contributed by atoms with van der Waals surface area (Å²) in [7, 11) is 0. The number of fused-ring (bicyclic) bond motifs is 1. The molecule has 0 radical (unpaired) electrons. The summed E-state index contributed by atoms with van der Waals surface area (Å²) in [6, 6.07) is 5.81. The molecule has 3 N–H and O–H groups in total. The molecule has 0 spiro atoms. The van der Waals surface area contributed by atoms with E-state index >= 15 is 0 Å². The largest absolute Gasteiger partial charge is 0.395 e. The van der Waals surface area contributed by atoms with Gasteiger partial charge >= 0.3 is 0 Å². The van der Waals surface area contributed by atoms with Gasteiger partial charge in [-0.3, -0.25) is 0 Å². The molecular weight excluding hydrogens is 190 g/mol. The lowest BCUT2D eigenvalue weighted by Gasteiger charge is -2.22. The first-order chi connectivity index (χ1) is 7.19. The molecular formula is C11H15N3O. The van der Waals surface area contributed by atoms with Gasteiger partial charge in [-0.2, -0.15) is 0 Å². The van der Waals surface area contributed by atoms with E-state index in [4.69, 9.17) is 5.73 Å². The molecule has 2 aromatic heterocycles. The Bertz CT molecular complexity index is 427. The van der Waals surface area contributed by atoms with Gasteiger partial charge in [-0.15, -0.1) is 0 Å². The Morgan fingerprint density at radius 1 is 1.53 bits per heavy atom. The number of aliphatic hydroxyl groups is 1. The van der Waals surface area contributed by atoms with Crippen LogP contribution in [-0.2, 0) is 5.41 Å². The summed E-state index contributed by atoms with van der Waals surface area (Å²) in [6.07, 6.45) is 3.85. The molecule has 2 heterocycles. The van der Waals surface area contributed by atoms with E-state index in [2.05, 4.69) is 4.98 Å². The molecule has 4 nitrogen and oxygen atoms in total. The summed E-state index contributed by atoms with van der Waals surface area (Å²) in [5.41, 5.74) is 6.92. The van der Waals surface area contributed by atoms with Crippen LogP contribution in [0.4, 0.5) is 0 Å². The first-order valence-corrected chi connectivity index (χ1v) is 4.95. The van der Waals surface area contributed by atoms with E-state index in [1.165, 1.54) is 0 Å². The highest BCUT2D eigenvalue weighted by Crippen LogP contribution is 2.21. The van der Waals surface area contributed by atoms with E-state index in [1.54, 1.807) is 0 Å². The van der Waals surface area contributed by atoms with Crippen LogP contribution in [0.15, 0.2) is 30.6 Å². The highest BCUT2D eigenvalue weighted by atomic mass is 16.3. The van der Waals surface area contributed by atoms with Crippen molar-refractivity contribution in [3.8, 4) is 0 Å². The summed E-state index contributed by atoms with van der Waals surface area (Å²) in [6.45, 7) is 2.30. The first kappa shape index (κ1) is 10.1. The van der Waals surface area contributed by atoms with E-state index in [0.29, 0.717) is 6.54 Å². The summed E-state index contributed by atoms with van der Waals surface area (Å²) in [5.74, 6) is 0. The average Bonchev–Trinajstić information content (AvgIpc) is 2.72. The summed E-state index contributed by atoms with van der Waals surface area (Å²) in [5, 5.41) is 9.33. The molecule has 0 aliphatic carbocycles. The number of rotatable bonds is 3. The predicted molar refractivity (Wildman–Crippen MR) is 58.7 cm³/mol. The van der Waals surface area contributed by atoms with E-state index < -0.39 is 5.41 Å². The second-order valence-electron chi connectivity index (χ2n) is 4.02. The molecule has 0 saturated carbocycles. The van der Waals surface area contributed by atoms with Gasteiger partial charge in [0.2, 0.25) is 0 Å². The van der Waals surface area contributed by atoms with Crippen LogP contribution in [0.1, 0.15) is 12.6 Å². The molecule has 4 heteroatoms. The topological polar surface area (TPSA) is 63.5 Å². The molecule has 1 unspecified atom stereocenters. The molecule has 2 rings (SSSR count). The lowest BCUT2D eigenvalue weighted by atomic mass is 9.88. The third kappa shape index (κ3) is 1.62. The number of nitrogens with zero attached hydrogens (tertiary/aromatic N) is 2. The van der Waals surface area contributed by atoms with Crippen molar-refractivity contribution in [2.75, 3.05) is 13.2 Å². The minimum absolute atomic E-state index is 0.00732. The molecule has 0 saturated heterocycles. The number of pyridine rings is 1. The highest BCUT2D eigenvalue weighted by Gasteiger charge is 2.26. The van der Waals surface area contributed by atoms with Gasteiger partial charge in [-0.05, 0) is 12.1 Å². The number of imidazole rings is 1. The van der Waals surface area contributed by atoms with Crippen LogP contribution in [0.3, 0.4) is 0 Å². The van der Waals surface area contributed by atoms with Crippen LogP contribution in [0.5, 0.6) is 0 Å². The summed E-state index contributed by atoms with van der Waals surface area (Å²) < 4.78 is 1.93. The third-order valence-electron chi connectivity index (χ3n) is 2.78. The van der Waals surface area contributed by atoms with Crippen LogP contribution in [0.25, 0.3) is 5.65 Å². The van der Waals surface area contributed by atoms with Crippen molar-refractivity contribution in [3.05, 3.63) is 36.3 Å². The van der Waals surface area contributed by atoms with Crippen LogP contribution >= 0.6 is 0 Å². The van der Waals surface area contributed by atoms with Crippen molar-refractivity contribution in [1.82, 2.24) is 9.38 Å². The monoisotopic (exact) mass is 205 g/mol. The van der Waals surface area contributed by atoms with Gasteiger partial charge in [0.1, 0.15) is 5.65 Å². The smallest absolute Gasteiger partial charge is 0.136 e. The number of nitrogens with two attached hydrogens (primary N) is 1. The van der Waals surface area contributed by atoms with E-state index in [-0.39, 0.29) is 6.61 Å². The lowest BCUT2D eigenvalue weighted by molar-refractivity contribution is 0.207. The maximum absolute atomic E-state index is 9.33. The van der Waals surface area contributed by atoms with E-state index in [0.717, 1.165) is 11.3 Å². The molecule has 80 valence electrons.